The molecule has 0 saturated heterocycles. The Morgan fingerprint density at radius 1 is 1.36 bits per heavy atom. The zero-order valence-corrected chi connectivity index (χ0v) is 11.9. The number of nitrogens with zero attached hydrogens (tertiary/aromatic N) is 4. The van der Waals surface area contributed by atoms with Gasteiger partial charge in [-0.1, -0.05) is 0 Å². The molecular weight excluding hydrogens is 290 g/mol. The van der Waals surface area contributed by atoms with E-state index in [1.165, 1.54) is 4.57 Å². The fraction of sp³-hybridized carbons (Fsp3) is 0.462. The number of hydrogen-bond acceptors (Lipinski definition) is 5. The Hall–Kier alpha value is -2.71. The fourth-order valence-corrected chi connectivity index (χ4v) is 2.37. The van der Waals surface area contributed by atoms with Crippen LogP contribution in [0.15, 0.2) is 17.2 Å². The Bertz CT molecular complexity index is 808. The zero-order valence-electron chi connectivity index (χ0n) is 11.9. The van der Waals surface area contributed by atoms with Crippen LogP contribution in [0, 0.1) is 11.8 Å². The molecule has 0 aliphatic heterocycles. The van der Waals surface area contributed by atoms with E-state index in [9.17, 15) is 14.4 Å². The maximum atomic E-state index is 11.8. The van der Waals surface area contributed by atoms with Crippen molar-refractivity contribution in [1.29, 1.82) is 0 Å². The first-order valence-corrected chi connectivity index (χ1v) is 6.89. The van der Waals surface area contributed by atoms with Gasteiger partial charge in [0, 0.05) is 32.4 Å². The van der Waals surface area contributed by atoms with E-state index in [1.54, 1.807) is 23.8 Å². The molecule has 2 aromatic heterocycles. The molecule has 2 atom stereocenters. The topological polar surface area (TPSA) is 119 Å². The van der Waals surface area contributed by atoms with Gasteiger partial charge in [0.05, 0.1) is 11.8 Å². The highest BCUT2D eigenvalue weighted by Gasteiger charge is 2.48. The van der Waals surface area contributed by atoms with Gasteiger partial charge in [-0.25, -0.2) is 0 Å². The van der Waals surface area contributed by atoms with E-state index in [-0.39, 0.29) is 17.1 Å². The van der Waals surface area contributed by atoms with Crippen LogP contribution in [0.2, 0.25) is 0 Å². The number of amides is 1. The third-order valence-corrected chi connectivity index (χ3v) is 3.81. The molecular formula is C13H15N5O4. The van der Waals surface area contributed by atoms with Crippen molar-refractivity contribution in [2.75, 3.05) is 6.54 Å². The lowest BCUT2D eigenvalue weighted by Gasteiger charge is -2.04. The van der Waals surface area contributed by atoms with Gasteiger partial charge in [0.25, 0.3) is 5.56 Å². The minimum Gasteiger partial charge on any atom is -0.481 e. The van der Waals surface area contributed by atoms with E-state index in [1.807, 2.05) is 0 Å². The summed E-state index contributed by atoms with van der Waals surface area (Å²) in [6.45, 7) is 0.317. The summed E-state index contributed by atoms with van der Waals surface area (Å²) >= 11 is 0. The Morgan fingerprint density at radius 3 is 2.82 bits per heavy atom. The van der Waals surface area contributed by atoms with Crippen LogP contribution in [0.1, 0.15) is 12.2 Å². The molecule has 0 spiro atoms. The van der Waals surface area contributed by atoms with Crippen LogP contribution in [-0.4, -0.2) is 42.7 Å². The molecule has 3 rings (SSSR count). The molecule has 0 radical (unpaired) electrons. The van der Waals surface area contributed by atoms with Crippen molar-refractivity contribution in [2.24, 2.45) is 18.9 Å². The molecule has 0 unspecified atom stereocenters. The van der Waals surface area contributed by atoms with Crippen LogP contribution in [0.5, 0.6) is 0 Å². The molecule has 0 aromatic carbocycles. The van der Waals surface area contributed by atoms with Crippen LogP contribution in [0.4, 0.5) is 0 Å². The number of carbonyl (C=O) groups excluding carboxylic acids is 1. The molecule has 116 valence electrons. The normalized spacial score (nSPS) is 20.0. The number of carbonyl (C=O) groups is 2. The second-order valence-electron chi connectivity index (χ2n) is 5.35. The summed E-state index contributed by atoms with van der Waals surface area (Å²) in [6, 6.07) is 0. The van der Waals surface area contributed by atoms with Gasteiger partial charge in [0.1, 0.15) is 5.82 Å². The van der Waals surface area contributed by atoms with E-state index in [0.29, 0.717) is 25.2 Å². The van der Waals surface area contributed by atoms with Crippen molar-refractivity contribution < 1.29 is 14.7 Å². The molecule has 1 fully saturated rings. The Labute approximate surface area is 124 Å². The summed E-state index contributed by atoms with van der Waals surface area (Å²) < 4.78 is 3.00. The quantitative estimate of drug-likeness (QED) is 0.717. The van der Waals surface area contributed by atoms with Crippen LogP contribution >= 0.6 is 0 Å². The molecule has 9 heteroatoms. The van der Waals surface area contributed by atoms with Crippen molar-refractivity contribution in [3.63, 3.8) is 0 Å². The number of nitrogens with one attached hydrogen (secondary N) is 1. The molecule has 0 bridgehead atoms. The predicted octanol–water partition coefficient (Wildman–Crippen LogP) is -1.19. The lowest BCUT2D eigenvalue weighted by atomic mass is 10.3. The molecule has 2 heterocycles. The summed E-state index contributed by atoms with van der Waals surface area (Å²) in [5, 5.41) is 19.3. The highest BCUT2D eigenvalue weighted by Crippen LogP contribution is 2.38. The first-order chi connectivity index (χ1) is 10.5. The van der Waals surface area contributed by atoms with Crippen molar-refractivity contribution in [3.8, 4) is 0 Å². The molecule has 2 aromatic rings. The van der Waals surface area contributed by atoms with Crippen LogP contribution in [0.3, 0.4) is 0 Å². The third kappa shape index (κ3) is 2.45. The summed E-state index contributed by atoms with van der Waals surface area (Å²) in [5.41, 5.74) is -0.00738. The highest BCUT2D eigenvalue weighted by atomic mass is 16.4. The number of hydrogen-bond donors (Lipinski definition) is 2. The SMILES string of the molecule is Cn1ccn2c(CCNC(=O)[C@@H]3C[C@@H]3C(=O)O)nnc2c1=O. The molecule has 1 aliphatic carbocycles. The van der Waals surface area contributed by atoms with Gasteiger partial charge >= 0.3 is 5.97 Å². The average Bonchev–Trinajstić information content (AvgIpc) is 3.19. The molecule has 9 nitrogen and oxygen atoms in total. The van der Waals surface area contributed by atoms with Gasteiger partial charge in [-0.3, -0.25) is 18.8 Å². The number of carboxylic acids is 1. The number of aryl methyl sites for hydroxylation is 1. The van der Waals surface area contributed by atoms with Gasteiger partial charge in [0.2, 0.25) is 11.6 Å². The van der Waals surface area contributed by atoms with E-state index >= 15 is 0 Å². The largest absolute Gasteiger partial charge is 0.481 e. The molecule has 22 heavy (non-hydrogen) atoms. The zero-order chi connectivity index (χ0) is 15.9. The van der Waals surface area contributed by atoms with E-state index in [0.717, 1.165) is 0 Å². The smallest absolute Gasteiger partial charge is 0.307 e. The van der Waals surface area contributed by atoms with Gasteiger partial charge in [0.15, 0.2) is 0 Å². The second kappa shape index (κ2) is 5.24. The predicted molar refractivity (Wildman–Crippen MR) is 74.2 cm³/mol. The molecule has 1 aliphatic rings. The van der Waals surface area contributed by atoms with E-state index < -0.39 is 17.8 Å². The fourth-order valence-electron chi connectivity index (χ4n) is 2.37. The summed E-state index contributed by atoms with van der Waals surface area (Å²) in [6.07, 6.45) is 4.10. The number of rotatable bonds is 5. The molecule has 1 amide bonds. The Balaban J connectivity index is 1.61. The lowest BCUT2D eigenvalue weighted by molar-refractivity contribution is -0.140. The molecule has 1 saturated carbocycles. The number of aliphatic carboxylic acids is 1. The standard InChI is InChI=1S/C13H15N5O4/c1-17-4-5-18-9(15-16-10(18)12(17)20)2-3-14-11(19)7-6-8(7)13(21)22/h4-5,7-8H,2-3,6H2,1H3,(H,14,19)(H,21,22)/t7-,8+/m1/s1. The summed E-state index contributed by atoms with van der Waals surface area (Å²) in [4.78, 5) is 34.3. The summed E-state index contributed by atoms with van der Waals surface area (Å²) in [7, 11) is 1.63. The van der Waals surface area contributed by atoms with Gasteiger partial charge in [-0.05, 0) is 6.42 Å². The monoisotopic (exact) mass is 305 g/mol. The van der Waals surface area contributed by atoms with E-state index in [2.05, 4.69) is 15.5 Å². The first-order valence-electron chi connectivity index (χ1n) is 6.89. The van der Waals surface area contributed by atoms with Crippen molar-refractivity contribution >= 4 is 17.5 Å². The number of fused-ring (bicyclic) bond motifs is 1. The average molecular weight is 305 g/mol. The van der Waals surface area contributed by atoms with Crippen LogP contribution in [0.25, 0.3) is 5.65 Å². The molecule has 2 N–H and O–H groups in total. The third-order valence-electron chi connectivity index (χ3n) is 3.81. The minimum atomic E-state index is -0.931. The first kappa shape index (κ1) is 14.2. The number of aromatic nitrogens is 4. The van der Waals surface area contributed by atoms with Crippen molar-refractivity contribution in [3.05, 3.63) is 28.6 Å². The summed E-state index contributed by atoms with van der Waals surface area (Å²) in [5.74, 6) is -1.60. The second-order valence-corrected chi connectivity index (χ2v) is 5.35. The maximum absolute atomic E-state index is 11.8. The minimum absolute atomic E-state index is 0.236. The van der Waals surface area contributed by atoms with Gasteiger partial charge in [-0.2, -0.15) is 0 Å². The van der Waals surface area contributed by atoms with E-state index in [4.69, 9.17) is 5.11 Å². The maximum Gasteiger partial charge on any atom is 0.307 e. The number of carboxylic acid groups (broad SMARTS) is 1. The van der Waals surface area contributed by atoms with Crippen molar-refractivity contribution in [2.45, 2.75) is 12.8 Å². The lowest BCUT2D eigenvalue weighted by Crippen LogP contribution is -2.28. The van der Waals surface area contributed by atoms with Gasteiger partial charge in [-0.15, -0.1) is 10.2 Å². The Kier molecular flexibility index (Phi) is 3.39. The van der Waals surface area contributed by atoms with Crippen molar-refractivity contribution in [1.82, 2.24) is 24.5 Å². The van der Waals surface area contributed by atoms with Crippen LogP contribution in [-0.2, 0) is 23.1 Å². The van der Waals surface area contributed by atoms with Gasteiger partial charge < -0.3 is 15.0 Å². The highest BCUT2D eigenvalue weighted by molar-refractivity contribution is 5.89. The Morgan fingerprint density at radius 2 is 2.14 bits per heavy atom. The van der Waals surface area contributed by atoms with Crippen LogP contribution < -0.4 is 10.9 Å².